The molecule has 8 rings (SSSR count). The summed E-state index contributed by atoms with van der Waals surface area (Å²) in [5.41, 5.74) is 0.252. The SMILES string of the molecule is CC1(C)C(NC(=O)c2ccc(N3CCN(CC4CCN(c5cc6c(cc5F)C(=O)N(C5CCC(=O)NC5=O)C6=O)CC4)CC3)cc2F)C(C)(C)C1Oc1ccc(C#N)c(Cl)c1. The highest BCUT2D eigenvalue weighted by molar-refractivity contribution is 6.31. The fraction of sp³-hybridized carbons (Fsp3) is 0.467. The number of piperidine rings is 2. The lowest BCUT2D eigenvalue weighted by Gasteiger charge is -2.63. The van der Waals surface area contributed by atoms with Gasteiger partial charge < -0.3 is 19.9 Å². The number of carbonyl (C=O) groups is 5. The third kappa shape index (κ3) is 7.69. The van der Waals surface area contributed by atoms with Crippen molar-refractivity contribution in [3.05, 3.63) is 87.4 Å². The summed E-state index contributed by atoms with van der Waals surface area (Å²) in [7, 11) is 0. The number of nitrogens with one attached hydrogen (secondary N) is 2. The summed E-state index contributed by atoms with van der Waals surface area (Å²) in [4.78, 5) is 71.2. The molecule has 3 aromatic rings. The molecule has 5 amide bonds. The van der Waals surface area contributed by atoms with Gasteiger partial charge in [-0.3, -0.25) is 39.1 Å². The minimum Gasteiger partial charge on any atom is -0.489 e. The Labute approximate surface area is 357 Å². The maximum absolute atomic E-state index is 15.6. The lowest BCUT2D eigenvalue weighted by molar-refractivity contribution is -0.164. The van der Waals surface area contributed by atoms with E-state index in [1.54, 1.807) is 24.3 Å². The van der Waals surface area contributed by atoms with E-state index in [0.717, 1.165) is 43.4 Å². The smallest absolute Gasteiger partial charge is 0.262 e. The molecule has 13 nitrogen and oxygen atoms in total. The van der Waals surface area contributed by atoms with Gasteiger partial charge in [-0.15, -0.1) is 0 Å². The Morgan fingerprint density at radius 1 is 0.869 bits per heavy atom. The molecule has 0 bridgehead atoms. The molecule has 1 atom stereocenters. The molecule has 320 valence electrons. The highest BCUT2D eigenvalue weighted by atomic mass is 35.5. The van der Waals surface area contributed by atoms with Gasteiger partial charge >= 0.3 is 0 Å². The number of hydrogen-bond acceptors (Lipinski definition) is 10. The van der Waals surface area contributed by atoms with Crippen LogP contribution in [0.15, 0.2) is 48.5 Å². The molecule has 0 radical (unpaired) electrons. The minimum absolute atomic E-state index is 0.00245. The standard InChI is InChI=1S/C45H48ClF2N7O6/c1-44(2)42(45(3,4)43(44)61-28-7-5-26(23-49)32(46)20-28)51-38(57)29-8-6-27(19-33(29)47)53-17-15-52(16-18-53)24-25-11-13-54(14-12-25)36-22-31-30(21-34(36)48)40(59)55(41(31)60)35-9-10-37(56)50-39(35)58/h5-8,19-22,25,35,42-43H,9-18,24H2,1-4H3,(H,51,57)(H,50,56,58). The van der Waals surface area contributed by atoms with Crippen LogP contribution in [-0.4, -0.2) is 103 Å². The van der Waals surface area contributed by atoms with Crippen molar-refractivity contribution in [2.45, 2.75) is 71.6 Å². The summed E-state index contributed by atoms with van der Waals surface area (Å²) in [5.74, 6) is -3.39. The number of piperazine rings is 1. The van der Waals surface area contributed by atoms with E-state index in [-0.39, 0.29) is 47.4 Å². The van der Waals surface area contributed by atoms with E-state index in [0.29, 0.717) is 54.1 Å². The van der Waals surface area contributed by atoms with E-state index in [4.69, 9.17) is 16.3 Å². The third-order valence-corrected chi connectivity index (χ3v) is 13.7. The van der Waals surface area contributed by atoms with E-state index in [9.17, 15) is 29.2 Å². The maximum atomic E-state index is 15.6. The van der Waals surface area contributed by atoms with Gasteiger partial charge in [-0.25, -0.2) is 8.78 Å². The fourth-order valence-corrected chi connectivity index (χ4v) is 10.5. The molecule has 1 aliphatic carbocycles. The maximum Gasteiger partial charge on any atom is 0.262 e. The van der Waals surface area contributed by atoms with Crippen LogP contribution in [0.5, 0.6) is 5.75 Å². The molecular weight excluding hydrogens is 808 g/mol. The van der Waals surface area contributed by atoms with Gasteiger partial charge in [-0.05, 0) is 67.6 Å². The summed E-state index contributed by atoms with van der Waals surface area (Å²) < 4.78 is 37.4. The summed E-state index contributed by atoms with van der Waals surface area (Å²) in [6.07, 6.45) is 1.34. The molecule has 0 aromatic heterocycles. The quantitative estimate of drug-likeness (QED) is 0.262. The predicted octanol–water partition coefficient (Wildman–Crippen LogP) is 5.54. The van der Waals surface area contributed by atoms with Gasteiger partial charge in [0.2, 0.25) is 11.8 Å². The van der Waals surface area contributed by atoms with Gasteiger partial charge in [0.05, 0.1) is 33.0 Å². The topological polar surface area (TPSA) is 155 Å². The van der Waals surface area contributed by atoms with Crippen LogP contribution >= 0.6 is 11.6 Å². The van der Waals surface area contributed by atoms with Gasteiger partial charge in [0.1, 0.15) is 35.6 Å². The van der Waals surface area contributed by atoms with Crippen LogP contribution in [0, 0.1) is 39.7 Å². The number of carbonyl (C=O) groups excluding carboxylic acids is 5. The summed E-state index contributed by atoms with van der Waals surface area (Å²) >= 11 is 6.23. The Morgan fingerprint density at radius 2 is 1.54 bits per heavy atom. The second kappa shape index (κ2) is 16.0. The van der Waals surface area contributed by atoms with Crippen LogP contribution in [0.1, 0.15) is 90.0 Å². The fourth-order valence-electron chi connectivity index (χ4n) is 10.3. The van der Waals surface area contributed by atoms with Crippen LogP contribution in [0.4, 0.5) is 20.2 Å². The zero-order valence-corrected chi connectivity index (χ0v) is 35.3. The van der Waals surface area contributed by atoms with E-state index in [2.05, 4.69) is 20.4 Å². The highest BCUT2D eigenvalue weighted by Crippen LogP contribution is 2.55. The first kappa shape index (κ1) is 42.1. The monoisotopic (exact) mass is 855 g/mol. The molecule has 4 aliphatic heterocycles. The number of imide groups is 2. The Hall–Kier alpha value is -5.59. The number of amides is 5. The van der Waals surface area contributed by atoms with E-state index in [1.807, 2.05) is 38.7 Å². The third-order valence-electron chi connectivity index (χ3n) is 13.3. The van der Waals surface area contributed by atoms with Crippen molar-refractivity contribution in [3.8, 4) is 11.8 Å². The van der Waals surface area contributed by atoms with Crippen LogP contribution in [0.25, 0.3) is 0 Å². The van der Waals surface area contributed by atoms with Crippen molar-refractivity contribution < 1.29 is 37.5 Å². The van der Waals surface area contributed by atoms with Crippen molar-refractivity contribution in [2.24, 2.45) is 16.7 Å². The summed E-state index contributed by atoms with van der Waals surface area (Å²) in [6, 6.07) is 12.8. The largest absolute Gasteiger partial charge is 0.489 e. The molecule has 1 saturated carbocycles. The molecule has 5 aliphatic rings. The lowest BCUT2D eigenvalue weighted by Crippen LogP contribution is -2.74. The molecule has 3 aromatic carbocycles. The first-order valence-corrected chi connectivity index (χ1v) is 21.1. The molecule has 0 spiro atoms. The second-order valence-corrected chi connectivity index (χ2v) is 18.4. The Kier molecular flexibility index (Phi) is 11.1. The second-order valence-electron chi connectivity index (χ2n) is 18.0. The Balaban J connectivity index is 0.814. The number of ether oxygens (including phenoxy) is 1. The molecule has 1 unspecified atom stereocenters. The Morgan fingerprint density at radius 3 is 2.16 bits per heavy atom. The van der Waals surface area contributed by atoms with Crippen molar-refractivity contribution in [1.82, 2.24) is 20.4 Å². The molecule has 16 heteroatoms. The van der Waals surface area contributed by atoms with Gasteiger partial charge in [0.25, 0.3) is 17.7 Å². The van der Waals surface area contributed by atoms with Gasteiger partial charge in [-0.1, -0.05) is 39.3 Å². The summed E-state index contributed by atoms with van der Waals surface area (Å²) in [6.45, 7) is 12.9. The van der Waals surface area contributed by atoms with E-state index < -0.39 is 58.0 Å². The van der Waals surface area contributed by atoms with E-state index >= 15 is 8.78 Å². The highest BCUT2D eigenvalue weighted by Gasteiger charge is 2.64. The van der Waals surface area contributed by atoms with Crippen molar-refractivity contribution in [2.75, 3.05) is 55.6 Å². The number of nitrogens with zero attached hydrogens (tertiary/aromatic N) is 5. The number of hydrogen-bond donors (Lipinski definition) is 2. The zero-order chi connectivity index (χ0) is 43.5. The van der Waals surface area contributed by atoms with Gasteiger partial charge in [-0.2, -0.15) is 5.26 Å². The Bertz CT molecular complexity index is 2350. The molecule has 4 heterocycles. The van der Waals surface area contributed by atoms with Crippen molar-refractivity contribution in [1.29, 1.82) is 5.26 Å². The minimum atomic E-state index is -1.12. The molecule has 3 saturated heterocycles. The number of rotatable bonds is 9. The average molecular weight is 856 g/mol. The van der Waals surface area contributed by atoms with Crippen LogP contribution in [0.3, 0.4) is 0 Å². The summed E-state index contributed by atoms with van der Waals surface area (Å²) in [5, 5.41) is 14.7. The van der Waals surface area contributed by atoms with E-state index in [1.165, 1.54) is 18.2 Å². The first-order chi connectivity index (χ1) is 29.0. The van der Waals surface area contributed by atoms with Crippen molar-refractivity contribution in [3.63, 3.8) is 0 Å². The number of anilines is 2. The number of halogens is 3. The molecule has 2 N–H and O–H groups in total. The number of benzene rings is 3. The lowest BCUT2D eigenvalue weighted by atomic mass is 9.49. The zero-order valence-electron chi connectivity index (χ0n) is 34.5. The van der Waals surface area contributed by atoms with Gasteiger partial charge in [0, 0.05) is 80.9 Å². The van der Waals surface area contributed by atoms with Crippen LogP contribution < -0.4 is 25.2 Å². The molecule has 61 heavy (non-hydrogen) atoms. The average Bonchev–Trinajstić information content (AvgIpc) is 3.46. The van der Waals surface area contributed by atoms with Crippen LogP contribution in [-0.2, 0) is 9.59 Å². The molecular formula is C45H48ClF2N7O6. The number of fused-ring (bicyclic) bond motifs is 1. The van der Waals surface area contributed by atoms with Gasteiger partial charge in [0.15, 0.2) is 0 Å². The normalized spacial score (nSPS) is 23.9. The van der Waals surface area contributed by atoms with Crippen LogP contribution in [0.2, 0.25) is 5.02 Å². The molecule has 4 fully saturated rings. The predicted molar refractivity (Wildman–Crippen MR) is 222 cm³/mol. The number of nitriles is 1. The first-order valence-electron chi connectivity index (χ1n) is 20.7. The van der Waals surface area contributed by atoms with Crippen molar-refractivity contribution >= 4 is 52.5 Å².